The van der Waals surface area contributed by atoms with Gasteiger partial charge in [0.15, 0.2) is 0 Å². The zero-order valence-electron chi connectivity index (χ0n) is 18.1. The fraction of sp³-hybridized carbons (Fsp3) is 0.565. The molecule has 2 aromatic rings. The number of anilines is 1. The number of hydrogen-bond donors (Lipinski definition) is 5. The van der Waals surface area contributed by atoms with E-state index >= 15 is 0 Å². The van der Waals surface area contributed by atoms with Crippen LogP contribution in [0.2, 0.25) is 0 Å². The molecule has 0 unspecified atom stereocenters. The highest BCUT2D eigenvalue weighted by atomic mass is 16.4. The van der Waals surface area contributed by atoms with Crippen LogP contribution in [0.3, 0.4) is 0 Å². The van der Waals surface area contributed by atoms with Gasteiger partial charge in [-0.15, -0.1) is 0 Å². The minimum Gasteiger partial charge on any atom is -0.395 e. The number of piperidine rings is 1. The molecule has 1 aliphatic heterocycles. The summed E-state index contributed by atoms with van der Waals surface area (Å²) in [6.07, 6.45) is 5.87. The number of benzene rings is 1. The number of nitrogens with one attached hydrogen (secondary N) is 1. The normalized spacial score (nSPS) is 24.3. The molecule has 170 valence electrons. The SMILES string of the molecule is Cc1cc(-c2cnccn2)ccc1NCCCCCCN1C[C@H](O)[C@@H](O)[C@H](O)[C@H]1CO. The summed E-state index contributed by atoms with van der Waals surface area (Å²) in [6, 6.07) is 5.72. The molecule has 1 aromatic heterocycles. The summed E-state index contributed by atoms with van der Waals surface area (Å²) >= 11 is 0. The smallest absolute Gasteiger partial charge is 0.109 e. The van der Waals surface area contributed by atoms with Crippen LogP contribution in [0.25, 0.3) is 11.3 Å². The zero-order valence-corrected chi connectivity index (χ0v) is 18.1. The van der Waals surface area contributed by atoms with Gasteiger partial charge in [-0.2, -0.15) is 0 Å². The van der Waals surface area contributed by atoms with Crippen molar-refractivity contribution >= 4 is 5.69 Å². The van der Waals surface area contributed by atoms with Crippen LogP contribution < -0.4 is 5.32 Å². The van der Waals surface area contributed by atoms with Gasteiger partial charge in [0.05, 0.1) is 30.6 Å². The Morgan fingerprint density at radius 3 is 2.58 bits per heavy atom. The maximum absolute atomic E-state index is 10.0. The van der Waals surface area contributed by atoms with Gasteiger partial charge in [-0.25, -0.2) is 0 Å². The van der Waals surface area contributed by atoms with Crippen molar-refractivity contribution in [3.05, 3.63) is 42.4 Å². The fourth-order valence-electron chi connectivity index (χ4n) is 4.12. The van der Waals surface area contributed by atoms with Crippen molar-refractivity contribution in [2.75, 3.05) is 31.6 Å². The number of rotatable bonds is 10. The molecule has 1 aliphatic rings. The first-order valence-electron chi connectivity index (χ1n) is 11.0. The molecule has 0 radical (unpaired) electrons. The van der Waals surface area contributed by atoms with E-state index in [9.17, 15) is 20.4 Å². The number of aliphatic hydroxyl groups is 4. The molecule has 0 bridgehead atoms. The predicted molar refractivity (Wildman–Crippen MR) is 120 cm³/mol. The van der Waals surface area contributed by atoms with Crippen molar-refractivity contribution in [2.45, 2.75) is 57.0 Å². The lowest BCUT2D eigenvalue weighted by molar-refractivity contribution is -0.145. The first kappa shape index (κ1) is 23.6. The summed E-state index contributed by atoms with van der Waals surface area (Å²) in [5, 5.41) is 42.7. The van der Waals surface area contributed by atoms with Crippen molar-refractivity contribution in [3.63, 3.8) is 0 Å². The summed E-state index contributed by atoms with van der Waals surface area (Å²) in [4.78, 5) is 10.3. The van der Waals surface area contributed by atoms with Crippen LogP contribution in [-0.4, -0.2) is 85.9 Å². The maximum Gasteiger partial charge on any atom is 0.109 e. The maximum atomic E-state index is 10.0. The molecule has 8 heteroatoms. The Kier molecular flexibility index (Phi) is 8.74. The summed E-state index contributed by atoms with van der Waals surface area (Å²) in [7, 11) is 0. The van der Waals surface area contributed by atoms with Crippen LogP contribution in [0.15, 0.2) is 36.8 Å². The second kappa shape index (κ2) is 11.5. The van der Waals surface area contributed by atoms with Crippen molar-refractivity contribution in [1.82, 2.24) is 14.9 Å². The van der Waals surface area contributed by atoms with E-state index in [1.165, 1.54) is 5.56 Å². The first-order chi connectivity index (χ1) is 15.0. The van der Waals surface area contributed by atoms with Crippen molar-refractivity contribution in [2.24, 2.45) is 0 Å². The molecule has 2 heterocycles. The number of hydrogen-bond acceptors (Lipinski definition) is 8. The average molecular weight is 431 g/mol. The second-order valence-corrected chi connectivity index (χ2v) is 8.25. The lowest BCUT2D eigenvalue weighted by atomic mass is 9.94. The molecule has 31 heavy (non-hydrogen) atoms. The zero-order chi connectivity index (χ0) is 22.2. The van der Waals surface area contributed by atoms with Gasteiger partial charge in [0.2, 0.25) is 0 Å². The first-order valence-corrected chi connectivity index (χ1v) is 11.0. The number of nitrogens with zero attached hydrogens (tertiary/aromatic N) is 3. The predicted octanol–water partition coefficient (Wildman–Crippen LogP) is 1.18. The lowest BCUT2D eigenvalue weighted by Gasteiger charge is -2.43. The average Bonchev–Trinajstić information content (AvgIpc) is 2.78. The number of aryl methyl sites for hydroxylation is 1. The second-order valence-electron chi connectivity index (χ2n) is 8.25. The van der Waals surface area contributed by atoms with Crippen molar-refractivity contribution in [3.8, 4) is 11.3 Å². The highest BCUT2D eigenvalue weighted by Crippen LogP contribution is 2.23. The standard InChI is InChI=1S/C23H34N4O4/c1-16-12-17(19-13-24-9-10-26-19)6-7-18(16)25-8-4-2-3-5-11-27-14-21(29)23(31)22(30)20(27)15-28/h6-7,9-10,12-13,20-23,25,28-31H,2-5,8,11,14-15H2,1H3/t20-,21+,22-,23-/m1/s1. The summed E-state index contributed by atoms with van der Waals surface area (Å²) < 4.78 is 0. The van der Waals surface area contributed by atoms with Gasteiger partial charge in [0, 0.05) is 36.7 Å². The van der Waals surface area contributed by atoms with E-state index in [4.69, 9.17) is 0 Å². The van der Waals surface area contributed by atoms with E-state index in [0.29, 0.717) is 6.54 Å². The summed E-state index contributed by atoms with van der Waals surface area (Å²) in [6.45, 7) is 3.69. The molecule has 0 saturated carbocycles. The number of aliphatic hydroxyl groups excluding tert-OH is 4. The number of β-amino-alcohol motifs (C(OH)–C–C–N with tert-alkyl or cyclic N) is 1. The Bertz CT molecular complexity index is 807. The van der Waals surface area contributed by atoms with E-state index in [1.54, 1.807) is 18.6 Å². The quantitative estimate of drug-likeness (QED) is 0.356. The molecule has 0 amide bonds. The number of likely N-dealkylation sites (tertiary alicyclic amines) is 1. The van der Waals surface area contributed by atoms with Gasteiger partial charge in [-0.1, -0.05) is 18.9 Å². The summed E-state index contributed by atoms with van der Waals surface area (Å²) in [5.74, 6) is 0. The fourth-order valence-corrected chi connectivity index (χ4v) is 4.12. The molecule has 0 aliphatic carbocycles. The van der Waals surface area contributed by atoms with Crippen molar-refractivity contribution < 1.29 is 20.4 Å². The third-order valence-electron chi connectivity index (χ3n) is 5.99. The molecule has 1 aromatic carbocycles. The van der Waals surface area contributed by atoms with Gasteiger partial charge in [-0.3, -0.25) is 14.9 Å². The topological polar surface area (TPSA) is 122 Å². The molecule has 1 saturated heterocycles. The van der Waals surface area contributed by atoms with Gasteiger partial charge in [0.1, 0.15) is 12.2 Å². The van der Waals surface area contributed by atoms with Crippen LogP contribution in [0.4, 0.5) is 5.69 Å². The van der Waals surface area contributed by atoms with Gasteiger partial charge >= 0.3 is 0 Å². The van der Waals surface area contributed by atoms with E-state index in [1.807, 2.05) is 4.90 Å². The third-order valence-corrected chi connectivity index (χ3v) is 5.99. The van der Waals surface area contributed by atoms with Crippen LogP contribution in [0, 0.1) is 6.92 Å². The van der Waals surface area contributed by atoms with Crippen LogP contribution in [-0.2, 0) is 0 Å². The van der Waals surface area contributed by atoms with Gasteiger partial charge in [-0.05, 0) is 44.0 Å². The van der Waals surface area contributed by atoms with E-state index < -0.39 is 24.4 Å². The summed E-state index contributed by atoms with van der Waals surface area (Å²) in [5.41, 5.74) is 4.21. The van der Waals surface area contributed by atoms with Crippen LogP contribution >= 0.6 is 0 Å². The largest absolute Gasteiger partial charge is 0.395 e. The van der Waals surface area contributed by atoms with Gasteiger partial charge < -0.3 is 25.7 Å². The van der Waals surface area contributed by atoms with Crippen LogP contribution in [0.5, 0.6) is 0 Å². The monoisotopic (exact) mass is 430 g/mol. The number of unbranched alkanes of at least 4 members (excludes halogenated alkanes) is 3. The highest BCUT2D eigenvalue weighted by molar-refractivity contribution is 5.65. The van der Waals surface area contributed by atoms with E-state index in [-0.39, 0.29) is 13.2 Å². The molecule has 1 fully saturated rings. The minimum absolute atomic E-state index is 0.232. The molecule has 3 rings (SSSR count). The van der Waals surface area contributed by atoms with Crippen molar-refractivity contribution in [1.29, 1.82) is 0 Å². The Labute approximate surface area is 183 Å². The highest BCUT2D eigenvalue weighted by Gasteiger charge is 2.40. The molecule has 0 spiro atoms. The molecular weight excluding hydrogens is 396 g/mol. The van der Waals surface area contributed by atoms with E-state index in [2.05, 4.69) is 40.4 Å². The molecule has 8 nitrogen and oxygen atoms in total. The van der Waals surface area contributed by atoms with Gasteiger partial charge in [0.25, 0.3) is 0 Å². The Morgan fingerprint density at radius 1 is 1.06 bits per heavy atom. The minimum atomic E-state index is -1.20. The Balaban J connectivity index is 1.35. The lowest BCUT2D eigenvalue weighted by Crippen LogP contribution is -2.62. The Hall–Kier alpha value is -2.10. The molecular formula is C23H34N4O4. The Morgan fingerprint density at radius 2 is 1.87 bits per heavy atom. The molecule has 4 atom stereocenters. The number of aromatic nitrogens is 2. The van der Waals surface area contributed by atoms with E-state index in [0.717, 1.165) is 49.2 Å². The third kappa shape index (κ3) is 6.21. The molecule has 5 N–H and O–H groups in total. The van der Waals surface area contributed by atoms with Crippen LogP contribution in [0.1, 0.15) is 31.2 Å².